The lowest BCUT2D eigenvalue weighted by molar-refractivity contribution is -0.125. The van der Waals surface area contributed by atoms with Crippen LogP contribution in [0.4, 0.5) is 0 Å². The topological polar surface area (TPSA) is 29.1 Å². The van der Waals surface area contributed by atoms with Gasteiger partial charge in [0.2, 0.25) is 5.91 Å². The monoisotopic (exact) mass is 253 g/mol. The molecule has 0 radical (unpaired) electrons. The third-order valence-electron chi connectivity index (χ3n) is 3.02. The zero-order chi connectivity index (χ0) is 12.5. The Hall–Kier alpha value is -0.830. The molecule has 2 nitrogen and oxygen atoms in total. The molecule has 1 aromatic heterocycles. The van der Waals surface area contributed by atoms with E-state index >= 15 is 0 Å². The lowest BCUT2D eigenvalue weighted by Gasteiger charge is -2.14. The van der Waals surface area contributed by atoms with Crippen LogP contribution in [0.2, 0.25) is 0 Å². The average molecular weight is 253 g/mol. The van der Waals surface area contributed by atoms with E-state index in [1.54, 1.807) is 11.3 Å². The first-order chi connectivity index (χ1) is 8.27. The molecule has 0 saturated heterocycles. The van der Waals surface area contributed by atoms with E-state index in [2.05, 4.69) is 36.7 Å². The number of carbonyl (C=O) groups is 1. The maximum absolute atomic E-state index is 11.9. The molecule has 96 valence electrons. The predicted octanol–water partition coefficient (Wildman–Crippen LogP) is 3.62. The van der Waals surface area contributed by atoms with E-state index in [-0.39, 0.29) is 11.8 Å². The molecule has 1 amide bonds. The molecule has 0 aliphatic carbocycles. The summed E-state index contributed by atoms with van der Waals surface area (Å²) in [6.45, 7) is 5.03. The molecule has 0 fully saturated rings. The second-order valence-corrected chi connectivity index (χ2v) is 5.40. The highest BCUT2D eigenvalue weighted by Gasteiger charge is 2.14. The van der Waals surface area contributed by atoms with Crippen molar-refractivity contribution in [3.63, 3.8) is 0 Å². The lowest BCUT2D eigenvalue weighted by Crippen LogP contribution is -2.31. The summed E-state index contributed by atoms with van der Waals surface area (Å²) in [7, 11) is 0. The highest BCUT2D eigenvalue weighted by Crippen LogP contribution is 2.13. The minimum atomic E-state index is 0.207. The van der Waals surface area contributed by atoms with Crippen molar-refractivity contribution in [2.24, 2.45) is 5.92 Å². The number of hydrogen-bond acceptors (Lipinski definition) is 2. The Bertz CT molecular complexity index is 308. The van der Waals surface area contributed by atoms with Crippen LogP contribution < -0.4 is 5.32 Å². The number of amides is 1. The van der Waals surface area contributed by atoms with Crippen LogP contribution in [0.25, 0.3) is 0 Å². The molecule has 0 aliphatic rings. The van der Waals surface area contributed by atoms with Crippen molar-refractivity contribution in [1.82, 2.24) is 5.32 Å². The summed E-state index contributed by atoms with van der Waals surface area (Å²) in [4.78, 5) is 13.2. The SMILES string of the molecule is CCCC[C@@H](CC)C(=O)NCCc1cccs1. The van der Waals surface area contributed by atoms with Gasteiger partial charge in [0.05, 0.1) is 0 Å². The van der Waals surface area contributed by atoms with Gasteiger partial charge in [0.1, 0.15) is 0 Å². The molecular weight excluding hydrogens is 230 g/mol. The van der Waals surface area contributed by atoms with E-state index in [0.29, 0.717) is 0 Å². The molecule has 0 aromatic carbocycles. The fourth-order valence-corrected chi connectivity index (χ4v) is 2.59. The summed E-state index contributed by atoms with van der Waals surface area (Å²) in [6.07, 6.45) is 5.24. The summed E-state index contributed by atoms with van der Waals surface area (Å²) in [5.41, 5.74) is 0. The van der Waals surface area contributed by atoms with Gasteiger partial charge in [-0.1, -0.05) is 32.8 Å². The molecule has 1 rings (SSSR count). The van der Waals surface area contributed by atoms with E-state index in [9.17, 15) is 4.79 Å². The van der Waals surface area contributed by atoms with Gasteiger partial charge in [-0.05, 0) is 30.7 Å². The van der Waals surface area contributed by atoms with Crippen molar-refractivity contribution < 1.29 is 4.79 Å². The summed E-state index contributed by atoms with van der Waals surface area (Å²) in [5, 5.41) is 5.13. The fraction of sp³-hybridized carbons (Fsp3) is 0.643. The first kappa shape index (κ1) is 14.2. The Balaban J connectivity index is 2.22. The van der Waals surface area contributed by atoms with Gasteiger partial charge in [0, 0.05) is 17.3 Å². The van der Waals surface area contributed by atoms with Crippen molar-refractivity contribution in [1.29, 1.82) is 0 Å². The molecular formula is C14H23NOS. The van der Waals surface area contributed by atoms with Crippen molar-refractivity contribution in [2.75, 3.05) is 6.54 Å². The van der Waals surface area contributed by atoms with E-state index < -0.39 is 0 Å². The summed E-state index contributed by atoms with van der Waals surface area (Å²) in [6, 6.07) is 4.17. The number of unbranched alkanes of at least 4 members (excludes halogenated alkanes) is 1. The van der Waals surface area contributed by atoms with Gasteiger partial charge in [-0.15, -0.1) is 11.3 Å². The Morgan fingerprint density at radius 1 is 1.47 bits per heavy atom. The third-order valence-corrected chi connectivity index (χ3v) is 3.96. The summed E-state index contributed by atoms with van der Waals surface area (Å²) < 4.78 is 0. The molecule has 0 bridgehead atoms. The first-order valence-corrected chi connectivity index (χ1v) is 7.46. The lowest BCUT2D eigenvalue weighted by atomic mass is 9.98. The molecule has 0 aliphatic heterocycles. The maximum Gasteiger partial charge on any atom is 0.223 e. The van der Waals surface area contributed by atoms with Crippen LogP contribution in [0.15, 0.2) is 17.5 Å². The fourth-order valence-electron chi connectivity index (χ4n) is 1.88. The van der Waals surface area contributed by atoms with E-state index in [1.165, 1.54) is 11.3 Å². The second-order valence-electron chi connectivity index (χ2n) is 4.37. The predicted molar refractivity (Wildman–Crippen MR) is 74.3 cm³/mol. The molecule has 1 heterocycles. The van der Waals surface area contributed by atoms with Crippen LogP contribution in [0, 0.1) is 5.92 Å². The van der Waals surface area contributed by atoms with Crippen LogP contribution >= 0.6 is 11.3 Å². The van der Waals surface area contributed by atoms with Gasteiger partial charge in [0.15, 0.2) is 0 Å². The van der Waals surface area contributed by atoms with Gasteiger partial charge < -0.3 is 5.32 Å². The standard InChI is InChI=1S/C14H23NOS/c1-3-5-7-12(4-2)14(16)15-10-9-13-8-6-11-17-13/h6,8,11-12H,3-5,7,9-10H2,1-2H3,(H,15,16)/t12-/m1/s1. The molecule has 0 unspecified atom stereocenters. The smallest absolute Gasteiger partial charge is 0.223 e. The summed E-state index contributed by atoms with van der Waals surface area (Å²) >= 11 is 1.75. The zero-order valence-corrected chi connectivity index (χ0v) is 11.7. The van der Waals surface area contributed by atoms with Crippen LogP contribution in [-0.4, -0.2) is 12.5 Å². The Labute approximate surface area is 108 Å². The Kier molecular flexibility index (Phi) is 6.94. The molecule has 0 saturated carbocycles. The maximum atomic E-state index is 11.9. The Morgan fingerprint density at radius 3 is 2.88 bits per heavy atom. The second kappa shape index (κ2) is 8.29. The van der Waals surface area contributed by atoms with Crippen molar-refractivity contribution in [2.45, 2.75) is 46.0 Å². The number of hydrogen-bond donors (Lipinski definition) is 1. The summed E-state index contributed by atoms with van der Waals surface area (Å²) in [5.74, 6) is 0.441. The molecule has 1 atom stereocenters. The van der Waals surface area contributed by atoms with Gasteiger partial charge in [-0.2, -0.15) is 0 Å². The molecule has 1 aromatic rings. The van der Waals surface area contributed by atoms with Gasteiger partial charge >= 0.3 is 0 Å². The van der Waals surface area contributed by atoms with E-state index in [0.717, 1.165) is 32.2 Å². The van der Waals surface area contributed by atoms with Crippen LogP contribution in [0.5, 0.6) is 0 Å². The van der Waals surface area contributed by atoms with Crippen molar-refractivity contribution in [3.05, 3.63) is 22.4 Å². The normalized spacial score (nSPS) is 12.4. The zero-order valence-electron chi connectivity index (χ0n) is 10.9. The number of thiophene rings is 1. The highest BCUT2D eigenvalue weighted by molar-refractivity contribution is 7.09. The molecule has 1 N–H and O–H groups in total. The van der Waals surface area contributed by atoms with E-state index in [4.69, 9.17) is 0 Å². The number of carbonyl (C=O) groups excluding carboxylic acids is 1. The third kappa shape index (κ3) is 5.35. The average Bonchev–Trinajstić information content (AvgIpc) is 2.83. The van der Waals surface area contributed by atoms with Crippen LogP contribution in [-0.2, 0) is 11.2 Å². The quantitative estimate of drug-likeness (QED) is 0.753. The van der Waals surface area contributed by atoms with Crippen molar-refractivity contribution in [3.8, 4) is 0 Å². The molecule has 3 heteroatoms. The number of nitrogens with one attached hydrogen (secondary N) is 1. The Morgan fingerprint density at radius 2 is 2.29 bits per heavy atom. The molecule has 17 heavy (non-hydrogen) atoms. The highest BCUT2D eigenvalue weighted by atomic mass is 32.1. The van der Waals surface area contributed by atoms with Gasteiger partial charge in [-0.25, -0.2) is 0 Å². The van der Waals surface area contributed by atoms with Gasteiger partial charge in [0.25, 0.3) is 0 Å². The van der Waals surface area contributed by atoms with Crippen LogP contribution in [0.1, 0.15) is 44.4 Å². The van der Waals surface area contributed by atoms with E-state index in [1.807, 2.05) is 0 Å². The van der Waals surface area contributed by atoms with Crippen molar-refractivity contribution >= 4 is 17.2 Å². The van der Waals surface area contributed by atoms with Crippen LogP contribution in [0.3, 0.4) is 0 Å². The molecule has 0 spiro atoms. The first-order valence-electron chi connectivity index (χ1n) is 6.58. The van der Waals surface area contributed by atoms with Gasteiger partial charge in [-0.3, -0.25) is 4.79 Å². The minimum Gasteiger partial charge on any atom is -0.356 e. The minimum absolute atomic E-state index is 0.207. The number of rotatable bonds is 8. The largest absolute Gasteiger partial charge is 0.356 e.